The van der Waals surface area contributed by atoms with Gasteiger partial charge in [-0.3, -0.25) is 4.79 Å². The van der Waals surface area contributed by atoms with E-state index in [1.54, 1.807) is 7.05 Å². The summed E-state index contributed by atoms with van der Waals surface area (Å²) in [4.78, 5) is 16.9. The molecule has 2 rings (SSSR count). The van der Waals surface area contributed by atoms with Crippen LogP contribution in [0.15, 0.2) is 39.8 Å². The first-order valence-electron chi connectivity index (χ1n) is 8.56. The second-order valence-electron chi connectivity index (χ2n) is 6.24. The molecule has 0 aliphatic rings. The number of pyridine rings is 1. The number of halogens is 1. The summed E-state index contributed by atoms with van der Waals surface area (Å²) in [5, 5.41) is 3.03. The molecular weight excluding hydrogens is 432 g/mol. The molecule has 0 spiro atoms. The lowest BCUT2D eigenvalue weighted by Gasteiger charge is -2.14. The molecule has 0 aliphatic carbocycles. The number of benzene rings is 1. The van der Waals surface area contributed by atoms with E-state index in [1.807, 2.05) is 32.0 Å². The van der Waals surface area contributed by atoms with Crippen molar-refractivity contribution in [3.05, 3.63) is 46.2 Å². The number of sulfone groups is 1. The van der Waals surface area contributed by atoms with Gasteiger partial charge in [-0.1, -0.05) is 22.9 Å². The minimum Gasteiger partial charge on any atom is -0.489 e. The van der Waals surface area contributed by atoms with E-state index in [1.165, 1.54) is 19.2 Å². The zero-order valence-electron chi connectivity index (χ0n) is 15.7. The van der Waals surface area contributed by atoms with Crippen LogP contribution in [0.3, 0.4) is 0 Å². The van der Waals surface area contributed by atoms with Crippen molar-refractivity contribution in [3.8, 4) is 5.75 Å². The number of hydrogen-bond donors (Lipinski definition) is 1. The van der Waals surface area contributed by atoms with E-state index in [0.29, 0.717) is 5.75 Å². The van der Waals surface area contributed by atoms with E-state index in [-0.39, 0.29) is 34.7 Å². The Morgan fingerprint density at radius 1 is 1.30 bits per heavy atom. The van der Waals surface area contributed by atoms with Crippen molar-refractivity contribution in [3.63, 3.8) is 0 Å². The highest BCUT2D eigenvalue weighted by Crippen LogP contribution is 2.26. The number of carbonyl (C=O) groups is 1. The van der Waals surface area contributed by atoms with Crippen molar-refractivity contribution in [2.24, 2.45) is 0 Å². The Hall–Kier alpha value is -1.93. The molecular formula is C19H23BrN2O4S. The largest absolute Gasteiger partial charge is 0.489 e. The van der Waals surface area contributed by atoms with Crippen LogP contribution in [0, 0.1) is 0 Å². The highest BCUT2D eigenvalue weighted by Gasteiger charge is 2.24. The summed E-state index contributed by atoms with van der Waals surface area (Å²) in [6.07, 6.45) is 1.28. The molecule has 0 saturated heterocycles. The van der Waals surface area contributed by atoms with Gasteiger partial charge in [-0.05, 0) is 37.6 Å². The number of nitrogens with one attached hydrogen (secondary N) is 1. The van der Waals surface area contributed by atoms with E-state index in [2.05, 4.69) is 26.2 Å². The van der Waals surface area contributed by atoms with Crippen LogP contribution in [0.1, 0.15) is 36.8 Å². The lowest BCUT2D eigenvalue weighted by molar-refractivity contribution is 0.0984. The lowest BCUT2D eigenvalue weighted by atomic mass is 10.0. The summed E-state index contributed by atoms with van der Waals surface area (Å²) in [5.41, 5.74) is 1.49. The molecule has 1 heterocycles. The third kappa shape index (κ3) is 5.29. The number of nitrogens with zero attached hydrogens (tertiary/aromatic N) is 1. The summed E-state index contributed by atoms with van der Waals surface area (Å²) in [5.74, 6) is -0.168. The summed E-state index contributed by atoms with van der Waals surface area (Å²) in [6, 6.07) is 6.93. The molecule has 0 fully saturated rings. The molecule has 146 valence electrons. The molecule has 27 heavy (non-hydrogen) atoms. The highest BCUT2D eigenvalue weighted by atomic mass is 79.9. The predicted molar refractivity (Wildman–Crippen MR) is 109 cm³/mol. The third-order valence-corrected chi connectivity index (χ3v) is 6.10. The Bertz CT molecular complexity index is 943. The van der Waals surface area contributed by atoms with Crippen LogP contribution < -0.4 is 10.1 Å². The summed E-state index contributed by atoms with van der Waals surface area (Å²) < 4.78 is 31.4. The van der Waals surface area contributed by atoms with Gasteiger partial charge >= 0.3 is 0 Å². The van der Waals surface area contributed by atoms with E-state index < -0.39 is 9.84 Å². The van der Waals surface area contributed by atoms with Gasteiger partial charge in [0.15, 0.2) is 15.6 Å². The number of rotatable bonds is 8. The molecule has 1 aromatic heterocycles. The van der Waals surface area contributed by atoms with Gasteiger partial charge in [-0.2, -0.15) is 0 Å². The Balaban J connectivity index is 2.48. The van der Waals surface area contributed by atoms with Crippen LogP contribution >= 0.6 is 15.9 Å². The van der Waals surface area contributed by atoms with Gasteiger partial charge in [0.1, 0.15) is 11.4 Å². The van der Waals surface area contributed by atoms with Crippen molar-refractivity contribution in [1.82, 2.24) is 4.98 Å². The van der Waals surface area contributed by atoms with E-state index >= 15 is 0 Å². The number of carbonyl (C=O) groups excluding carboxylic acids is 1. The van der Waals surface area contributed by atoms with Gasteiger partial charge in [0.05, 0.1) is 22.9 Å². The Labute approximate surface area is 168 Å². The first-order chi connectivity index (χ1) is 12.7. The summed E-state index contributed by atoms with van der Waals surface area (Å²) in [6.45, 7) is 5.20. The second kappa shape index (κ2) is 8.84. The summed E-state index contributed by atoms with van der Waals surface area (Å²) >= 11 is 3.39. The van der Waals surface area contributed by atoms with Gasteiger partial charge in [-0.15, -0.1) is 0 Å². The molecule has 8 heteroatoms. The number of ketones is 1. The molecule has 0 saturated carbocycles. The molecule has 0 unspecified atom stereocenters. The van der Waals surface area contributed by atoms with Gasteiger partial charge in [0, 0.05) is 29.7 Å². The first kappa shape index (κ1) is 21.4. The van der Waals surface area contributed by atoms with Crippen LogP contribution in [0.5, 0.6) is 5.75 Å². The zero-order chi connectivity index (χ0) is 20.2. The van der Waals surface area contributed by atoms with Crippen LogP contribution in [0.2, 0.25) is 0 Å². The second-order valence-corrected chi connectivity index (χ2v) is 9.40. The summed E-state index contributed by atoms with van der Waals surface area (Å²) in [7, 11) is -1.87. The monoisotopic (exact) mass is 454 g/mol. The maximum Gasteiger partial charge on any atom is 0.186 e. The SMILES string of the molecule is CCS(=O)(=O)c1cc(OC(C)C)cnc1C(=O)Cc1cc(Br)ccc1NC. The van der Waals surface area contributed by atoms with Crippen molar-refractivity contribution in [2.45, 2.75) is 38.2 Å². The van der Waals surface area contributed by atoms with Crippen molar-refractivity contribution in [2.75, 3.05) is 18.1 Å². The number of ether oxygens (including phenoxy) is 1. The van der Waals surface area contributed by atoms with Crippen LogP contribution in [0.25, 0.3) is 0 Å². The quantitative estimate of drug-likeness (QED) is 0.608. The number of aromatic nitrogens is 1. The van der Waals surface area contributed by atoms with Gasteiger partial charge < -0.3 is 10.1 Å². The maximum absolute atomic E-state index is 12.9. The van der Waals surface area contributed by atoms with E-state index in [9.17, 15) is 13.2 Å². The minimum absolute atomic E-state index is 0.0270. The van der Waals surface area contributed by atoms with E-state index in [0.717, 1.165) is 15.7 Å². The normalized spacial score (nSPS) is 11.5. The topological polar surface area (TPSA) is 85.4 Å². The first-order valence-corrected chi connectivity index (χ1v) is 11.0. The van der Waals surface area contributed by atoms with Gasteiger partial charge in [0.2, 0.25) is 0 Å². The predicted octanol–water partition coefficient (Wildman–Crippen LogP) is 3.89. The number of Topliss-reactive ketones (excluding diaryl/α,β-unsaturated/α-hetero) is 1. The van der Waals surface area contributed by atoms with E-state index in [4.69, 9.17) is 4.74 Å². The van der Waals surface area contributed by atoms with Gasteiger partial charge in [0.25, 0.3) is 0 Å². The zero-order valence-corrected chi connectivity index (χ0v) is 18.1. The molecule has 0 aliphatic heterocycles. The Kier molecular flexibility index (Phi) is 7.00. The van der Waals surface area contributed by atoms with Crippen LogP contribution in [-0.4, -0.2) is 38.1 Å². The van der Waals surface area contributed by atoms with Crippen molar-refractivity contribution >= 4 is 37.2 Å². The number of hydrogen-bond acceptors (Lipinski definition) is 6. The lowest BCUT2D eigenvalue weighted by Crippen LogP contribution is -2.16. The standard InChI is InChI=1S/C19H23BrN2O4S/c1-5-27(24,25)18-10-15(26-12(2)3)11-22-19(18)17(23)9-13-8-14(20)6-7-16(13)21-4/h6-8,10-12,21H,5,9H2,1-4H3. The Morgan fingerprint density at radius 3 is 2.59 bits per heavy atom. The molecule has 0 radical (unpaired) electrons. The third-order valence-electron chi connectivity index (χ3n) is 3.87. The fraction of sp³-hybridized carbons (Fsp3) is 0.368. The minimum atomic E-state index is -3.64. The maximum atomic E-state index is 12.9. The van der Waals surface area contributed by atoms with Gasteiger partial charge in [-0.25, -0.2) is 13.4 Å². The fourth-order valence-electron chi connectivity index (χ4n) is 2.57. The van der Waals surface area contributed by atoms with Crippen molar-refractivity contribution in [1.29, 1.82) is 0 Å². The van der Waals surface area contributed by atoms with Crippen LogP contribution in [0.4, 0.5) is 5.69 Å². The molecule has 1 N–H and O–H groups in total. The average Bonchev–Trinajstić information content (AvgIpc) is 2.61. The highest BCUT2D eigenvalue weighted by molar-refractivity contribution is 9.10. The van der Waals surface area contributed by atoms with Crippen molar-refractivity contribution < 1.29 is 17.9 Å². The average molecular weight is 455 g/mol. The fourth-order valence-corrected chi connectivity index (χ4v) is 4.05. The molecule has 1 aromatic carbocycles. The van der Waals surface area contributed by atoms with Crippen LogP contribution in [-0.2, 0) is 16.3 Å². The molecule has 6 nitrogen and oxygen atoms in total. The molecule has 0 bridgehead atoms. The molecule has 0 amide bonds. The Morgan fingerprint density at radius 2 is 2.00 bits per heavy atom. The molecule has 0 atom stereocenters. The number of anilines is 1. The molecule has 2 aromatic rings. The smallest absolute Gasteiger partial charge is 0.186 e.